The second-order valence-corrected chi connectivity index (χ2v) is 10.7. The molecule has 2 fully saturated rings. The lowest BCUT2D eigenvalue weighted by Crippen LogP contribution is -2.40. The Morgan fingerprint density at radius 2 is 0.952 bits per heavy atom. The van der Waals surface area contributed by atoms with Crippen LogP contribution in [-0.4, -0.2) is 86.0 Å². The predicted molar refractivity (Wildman–Crippen MR) is 161 cm³/mol. The van der Waals surface area contributed by atoms with Gasteiger partial charge in [0.1, 0.15) is 0 Å². The van der Waals surface area contributed by atoms with E-state index in [2.05, 4.69) is 10.6 Å². The Bertz CT molecular complexity index is 1110. The third kappa shape index (κ3) is 9.95. The molecule has 2 aromatic rings. The molecule has 0 aromatic heterocycles. The van der Waals surface area contributed by atoms with Crippen LogP contribution in [0.5, 0.6) is 0 Å². The van der Waals surface area contributed by atoms with Crippen LogP contribution in [0.1, 0.15) is 72.1 Å². The number of carbonyl (C=O) groups excluding carboxylic acids is 4. The van der Waals surface area contributed by atoms with Crippen LogP contribution in [-0.2, 0) is 19.1 Å². The van der Waals surface area contributed by atoms with Crippen LogP contribution in [0.2, 0.25) is 0 Å². The van der Waals surface area contributed by atoms with Gasteiger partial charge in [-0.3, -0.25) is 19.2 Å². The summed E-state index contributed by atoms with van der Waals surface area (Å²) < 4.78 is 10.6. The number of hydrogen-bond acceptors (Lipinski definition) is 6. The average molecular weight is 579 g/mol. The van der Waals surface area contributed by atoms with Gasteiger partial charge in [-0.15, -0.1) is 0 Å². The van der Waals surface area contributed by atoms with E-state index in [0.29, 0.717) is 87.9 Å². The van der Waals surface area contributed by atoms with Crippen LogP contribution < -0.4 is 10.6 Å². The van der Waals surface area contributed by atoms with Gasteiger partial charge in [0.05, 0.1) is 26.4 Å². The molecule has 0 bridgehead atoms. The summed E-state index contributed by atoms with van der Waals surface area (Å²) in [4.78, 5) is 53.7. The largest absolute Gasteiger partial charge is 0.378 e. The van der Waals surface area contributed by atoms with Crippen LogP contribution in [0, 0.1) is 0 Å². The molecule has 0 saturated carbocycles. The van der Waals surface area contributed by atoms with Gasteiger partial charge in [-0.2, -0.15) is 0 Å². The van der Waals surface area contributed by atoms with E-state index in [1.165, 1.54) is 0 Å². The lowest BCUT2D eigenvalue weighted by atomic mass is 10.1. The number of benzene rings is 2. The van der Waals surface area contributed by atoms with E-state index in [9.17, 15) is 19.2 Å². The Balaban J connectivity index is 1.05. The SMILES string of the molecule is O=C(CCCCCCCCC(=O)Nc1cccc(C(=O)N2CCOCC2)c1)Nc1cccc(C(=O)N2CCOCC2)c1. The number of hydrogen-bond donors (Lipinski definition) is 2. The number of rotatable bonds is 13. The van der Waals surface area contributed by atoms with E-state index in [1.54, 1.807) is 58.3 Å². The highest BCUT2D eigenvalue weighted by Gasteiger charge is 2.20. The Kier molecular flexibility index (Phi) is 12.3. The molecule has 0 unspecified atom stereocenters. The molecule has 10 nitrogen and oxygen atoms in total. The van der Waals surface area contributed by atoms with Gasteiger partial charge in [0.2, 0.25) is 11.8 Å². The molecule has 2 aliphatic rings. The second-order valence-electron chi connectivity index (χ2n) is 10.7. The monoisotopic (exact) mass is 578 g/mol. The standard InChI is InChI=1S/C32H42N4O6/c37-29(33-27-11-7-9-25(23-27)31(39)35-15-19-41-20-16-35)13-5-3-1-2-4-6-14-30(38)34-28-12-8-10-26(24-28)32(40)36-17-21-42-22-18-36/h7-12,23-24H,1-6,13-22H2,(H,33,37)(H,34,38). The Morgan fingerprint density at radius 3 is 1.36 bits per heavy atom. The molecule has 226 valence electrons. The second kappa shape index (κ2) is 16.6. The summed E-state index contributed by atoms with van der Waals surface area (Å²) in [5.41, 5.74) is 2.40. The molecular weight excluding hydrogens is 536 g/mol. The van der Waals surface area contributed by atoms with Crippen LogP contribution in [0.4, 0.5) is 11.4 Å². The first-order chi connectivity index (χ1) is 20.5. The number of nitrogens with one attached hydrogen (secondary N) is 2. The van der Waals surface area contributed by atoms with E-state index in [0.717, 1.165) is 38.5 Å². The minimum absolute atomic E-state index is 0.0444. The van der Waals surface area contributed by atoms with Crippen molar-refractivity contribution in [2.45, 2.75) is 51.4 Å². The molecule has 0 radical (unpaired) electrons. The lowest BCUT2D eigenvalue weighted by Gasteiger charge is -2.27. The molecule has 2 N–H and O–H groups in total. The van der Waals surface area contributed by atoms with Gasteiger partial charge >= 0.3 is 0 Å². The van der Waals surface area contributed by atoms with Crippen molar-refractivity contribution < 1.29 is 28.7 Å². The zero-order chi connectivity index (χ0) is 29.6. The van der Waals surface area contributed by atoms with Gasteiger partial charge in [0.25, 0.3) is 11.8 Å². The van der Waals surface area contributed by atoms with Crippen molar-refractivity contribution in [3.05, 3.63) is 59.7 Å². The fourth-order valence-corrected chi connectivity index (χ4v) is 5.08. The van der Waals surface area contributed by atoms with Gasteiger partial charge < -0.3 is 29.9 Å². The quantitative estimate of drug-likeness (QED) is 0.342. The molecule has 2 aromatic carbocycles. The Labute approximate surface area is 247 Å². The lowest BCUT2D eigenvalue weighted by molar-refractivity contribution is -0.117. The molecule has 2 heterocycles. The predicted octanol–water partition coefficient (Wildman–Crippen LogP) is 4.33. The Morgan fingerprint density at radius 1 is 0.571 bits per heavy atom. The third-order valence-corrected chi connectivity index (χ3v) is 7.44. The number of amides is 4. The molecule has 2 aliphatic heterocycles. The first kappa shape index (κ1) is 31.2. The van der Waals surface area contributed by atoms with Crippen LogP contribution in [0.3, 0.4) is 0 Å². The molecule has 0 atom stereocenters. The topological polar surface area (TPSA) is 117 Å². The molecule has 4 rings (SSSR count). The van der Waals surface area contributed by atoms with Gasteiger partial charge in [-0.05, 0) is 49.2 Å². The maximum atomic E-state index is 12.7. The van der Waals surface area contributed by atoms with Crippen molar-refractivity contribution in [2.24, 2.45) is 0 Å². The summed E-state index contributed by atoms with van der Waals surface area (Å²) in [7, 11) is 0. The van der Waals surface area contributed by atoms with E-state index in [4.69, 9.17) is 9.47 Å². The minimum atomic E-state index is -0.0571. The zero-order valence-electron chi connectivity index (χ0n) is 24.3. The van der Waals surface area contributed by atoms with Crippen LogP contribution in [0.15, 0.2) is 48.5 Å². The van der Waals surface area contributed by atoms with Gasteiger partial charge in [-0.25, -0.2) is 0 Å². The number of carbonyl (C=O) groups is 4. The third-order valence-electron chi connectivity index (χ3n) is 7.44. The van der Waals surface area contributed by atoms with E-state index in [-0.39, 0.29) is 23.6 Å². The number of ether oxygens (including phenoxy) is 2. The average Bonchev–Trinajstić information content (AvgIpc) is 3.02. The van der Waals surface area contributed by atoms with E-state index < -0.39 is 0 Å². The highest BCUT2D eigenvalue weighted by Crippen LogP contribution is 2.17. The summed E-state index contributed by atoms with van der Waals surface area (Å²) in [6.07, 6.45) is 6.33. The summed E-state index contributed by atoms with van der Waals surface area (Å²) in [6.45, 7) is 4.51. The number of unbranched alkanes of at least 4 members (excludes halogenated alkanes) is 5. The summed E-state index contributed by atoms with van der Waals surface area (Å²) in [5.74, 6) is -0.203. The normalized spacial score (nSPS) is 15.2. The van der Waals surface area contributed by atoms with Gasteiger partial charge in [0.15, 0.2) is 0 Å². The maximum Gasteiger partial charge on any atom is 0.254 e. The zero-order valence-corrected chi connectivity index (χ0v) is 24.3. The Hall–Kier alpha value is -3.76. The van der Waals surface area contributed by atoms with E-state index in [1.807, 2.05) is 0 Å². The maximum absolute atomic E-state index is 12.7. The summed E-state index contributed by atoms with van der Waals surface area (Å²) in [5, 5.41) is 5.81. The van der Waals surface area contributed by atoms with Crippen molar-refractivity contribution in [2.75, 3.05) is 63.2 Å². The summed E-state index contributed by atoms with van der Waals surface area (Å²) in [6, 6.07) is 14.2. The van der Waals surface area contributed by atoms with Gasteiger partial charge in [0, 0.05) is 61.5 Å². The van der Waals surface area contributed by atoms with Crippen LogP contribution >= 0.6 is 0 Å². The molecule has 0 aliphatic carbocycles. The van der Waals surface area contributed by atoms with Crippen molar-refractivity contribution in [1.82, 2.24) is 9.80 Å². The smallest absolute Gasteiger partial charge is 0.254 e. The molecular formula is C32H42N4O6. The van der Waals surface area contributed by atoms with E-state index >= 15 is 0 Å². The highest BCUT2D eigenvalue weighted by molar-refractivity contribution is 5.98. The number of anilines is 2. The summed E-state index contributed by atoms with van der Waals surface area (Å²) >= 11 is 0. The number of nitrogens with zero attached hydrogens (tertiary/aromatic N) is 2. The van der Waals surface area contributed by atoms with Crippen molar-refractivity contribution in [1.29, 1.82) is 0 Å². The molecule has 2 saturated heterocycles. The fraction of sp³-hybridized carbons (Fsp3) is 0.500. The molecule has 0 spiro atoms. The van der Waals surface area contributed by atoms with Crippen molar-refractivity contribution in [3.63, 3.8) is 0 Å². The fourth-order valence-electron chi connectivity index (χ4n) is 5.08. The van der Waals surface area contributed by atoms with Crippen LogP contribution in [0.25, 0.3) is 0 Å². The molecule has 10 heteroatoms. The van der Waals surface area contributed by atoms with Crippen molar-refractivity contribution in [3.8, 4) is 0 Å². The first-order valence-electron chi connectivity index (χ1n) is 15.0. The highest BCUT2D eigenvalue weighted by atomic mass is 16.5. The number of morpholine rings is 2. The molecule has 4 amide bonds. The molecule has 42 heavy (non-hydrogen) atoms. The minimum Gasteiger partial charge on any atom is -0.378 e. The van der Waals surface area contributed by atoms with Crippen molar-refractivity contribution >= 4 is 35.0 Å². The first-order valence-corrected chi connectivity index (χ1v) is 15.0. The van der Waals surface area contributed by atoms with Gasteiger partial charge in [-0.1, -0.05) is 37.8 Å².